The highest BCUT2D eigenvalue weighted by Gasteiger charge is 2.42. The van der Waals surface area contributed by atoms with Gasteiger partial charge in [0, 0.05) is 19.8 Å². The van der Waals surface area contributed by atoms with Gasteiger partial charge < -0.3 is 15.2 Å². The van der Waals surface area contributed by atoms with Crippen molar-refractivity contribution in [1.29, 1.82) is 0 Å². The summed E-state index contributed by atoms with van der Waals surface area (Å²) in [6.07, 6.45) is 3.14. The van der Waals surface area contributed by atoms with E-state index in [-0.39, 0.29) is 11.3 Å². The molecule has 0 spiro atoms. The second-order valence-corrected chi connectivity index (χ2v) is 6.45. The maximum Gasteiger partial charge on any atom is 0.306 e. The lowest BCUT2D eigenvalue weighted by atomic mass is 9.74. The van der Waals surface area contributed by atoms with Crippen molar-refractivity contribution >= 4 is 5.97 Å². The fourth-order valence-electron chi connectivity index (χ4n) is 2.98. The molecule has 18 heavy (non-hydrogen) atoms. The minimum absolute atomic E-state index is 0.0938. The number of aliphatic carboxylic acids is 1. The van der Waals surface area contributed by atoms with Crippen LogP contribution in [0.25, 0.3) is 0 Å². The van der Waals surface area contributed by atoms with Crippen molar-refractivity contribution in [3.8, 4) is 0 Å². The van der Waals surface area contributed by atoms with Gasteiger partial charge in [-0.2, -0.15) is 0 Å². The van der Waals surface area contributed by atoms with E-state index in [9.17, 15) is 4.79 Å². The fourth-order valence-corrected chi connectivity index (χ4v) is 2.98. The van der Waals surface area contributed by atoms with Gasteiger partial charge in [-0.1, -0.05) is 13.8 Å². The Hall–Kier alpha value is -0.610. The Morgan fingerprint density at radius 1 is 1.39 bits per heavy atom. The van der Waals surface area contributed by atoms with Gasteiger partial charge in [0.15, 0.2) is 0 Å². The molecule has 2 atom stereocenters. The number of ether oxygens (including phenoxy) is 1. The molecule has 0 aromatic carbocycles. The van der Waals surface area contributed by atoms with Crippen LogP contribution in [0.4, 0.5) is 0 Å². The van der Waals surface area contributed by atoms with Gasteiger partial charge in [0.25, 0.3) is 0 Å². The Bertz CT molecular complexity index is 297. The van der Waals surface area contributed by atoms with Crippen LogP contribution in [0.3, 0.4) is 0 Å². The minimum atomic E-state index is -0.634. The van der Waals surface area contributed by atoms with Crippen molar-refractivity contribution in [3.05, 3.63) is 0 Å². The van der Waals surface area contributed by atoms with E-state index in [2.05, 4.69) is 19.2 Å². The molecule has 2 N–H and O–H groups in total. The molecule has 0 amide bonds. The first-order chi connectivity index (χ1) is 8.50. The first-order valence-corrected chi connectivity index (χ1v) is 7.02. The molecule has 1 saturated heterocycles. The average molecular weight is 255 g/mol. The topological polar surface area (TPSA) is 58.6 Å². The van der Waals surface area contributed by atoms with Crippen LogP contribution in [0.5, 0.6) is 0 Å². The molecular weight excluding hydrogens is 230 g/mol. The van der Waals surface area contributed by atoms with Gasteiger partial charge in [-0.05, 0) is 43.1 Å². The first-order valence-electron chi connectivity index (χ1n) is 7.02. The average Bonchev–Trinajstić information content (AvgIpc) is 3.10. The van der Waals surface area contributed by atoms with Gasteiger partial charge in [0.1, 0.15) is 0 Å². The highest BCUT2D eigenvalue weighted by atomic mass is 16.5. The lowest BCUT2D eigenvalue weighted by Crippen LogP contribution is -2.39. The zero-order valence-corrected chi connectivity index (χ0v) is 11.4. The lowest BCUT2D eigenvalue weighted by molar-refractivity contribution is -0.138. The van der Waals surface area contributed by atoms with Gasteiger partial charge >= 0.3 is 5.97 Å². The minimum Gasteiger partial charge on any atom is -0.481 e. The van der Waals surface area contributed by atoms with Gasteiger partial charge in [-0.25, -0.2) is 0 Å². The van der Waals surface area contributed by atoms with Crippen LogP contribution in [0.2, 0.25) is 0 Å². The summed E-state index contributed by atoms with van der Waals surface area (Å²) in [5.74, 6) is 0.343. The highest BCUT2D eigenvalue weighted by molar-refractivity contribution is 5.73. The van der Waals surface area contributed by atoms with Crippen LogP contribution in [0.1, 0.15) is 33.1 Å². The number of hydrogen-bond acceptors (Lipinski definition) is 3. The Balaban J connectivity index is 1.67. The molecule has 4 heteroatoms. The van der Waals surface area contributed by atoms with Gasteiger partial charge in [0.05, 0.1) is 5.92 Å². The van der Waals surface area contributed by atoms with Crippen molar-refractivity contribution in [2.45, 2.75) is 33.1 Å². The summed E-state index contributed by atoms with van der Waals surface area (Å²) in [5.41, 5.74) is 0.275. The summed E-state index contributed by atoms with van der Waals surface area (Å²) in [6, 6.07) is 0. The van der Waals surface area contributed by atoms with Crippen molar-refractivity contribution in [1.82, 2.24) is 5.32 Å². The molecule has 4 nitrogen and oxygen atoms in total. The summed E-state index contributed by atoms with van der Waals surface area (Å²) in [6.45, 7) is 8.20. The fraction of sp³-hybridized carbons (Fsp3) is 0.929. The summed E-state index contributed by atoms with van der Waals surface area (Å²) in [7, 11) is 0. The third kappa shape index (κ3) is 3.45. The monoisotopic (exact) mass is 255 g/mol. The van der Waals surface area contributed by atoms with Crippen LogP contribution in [-0.4, -0.2) is 37.4 Å². The van der Waals surface area contributed by atoms with E-state index >= 15 is 0 Å². The van der Waals surface area contributed by atoms with Gasteiger partial charge in [-0.3, -0.25) is 4.79 Å². The van der Waals surface area contributed by atoms with Crippen molar-refractivity contribution in [3.63, 3.8) is 0 Å². The van der Waals surface area contributed by atoms with E-state index in [1.165, 1.54) is 0 Å². The number of hydrogen-bond donors (Lipinski definition) is 2. The Kier molecular flexibility index (Phi) is 4.28. The van der Waals surface area contributed by atoms with E-state index < -0.39 is 5.97 Å². The van der Waals surface area contributed by atoms with Crippen molar-refractivity contribution in [2.75, 3.05) is 26.3 Å². The van der Waals surface area contributed by atoms with Crippen molar-refractivity contribution in [2.24, 2.45) is 23.2 Å². The first kappa shape index (κ1) is 13.8. The largest absolute Gasteiger partial charge is 0.481 e. The van der Waals surface area contributed by atoms with Crippen LogP contribution >= 0.6 is 0 Å². The number of nitrogens with one attached hydrogen (secondary N) is 1. The second-order valence-electron chi connectivity index (χ2n) is 6.45. The SMILES string of the molecule is CC(C)(CNCC1CC1C(=O)O)C1CCOCC1. The van der Waals surface area contributed by atoms with Crippen LogP contribution < -0.4 is 5.32 Å². The van der Waals surface area contributed by atoms with Crippen LogP contribution in [0.15, 0.2) is 0 Å². The van der Waals surface area contributed by atoms with Crippen LogP contribution in [0, 0.1) is 23.2 Å². The van der Waals surface area contributed by atoms with Gasteiger partial charge in [-0.15, -0.1) is 0 Å². The smallest absolute Gasteiger partial charge is 0.306 e. The zero-order chi connectivity index (χ0) is 13.2. The number of carboxylic acid groups (broad SMARTS) is 1. The lowest BCUT2D eigenvalue weighted by Gasteiger charge is -2.37. The van der Waals surface area contributed by atoms with Crippen molar-refractivity contribution < 1.29 is 14.6 Å². The molecule has 2 aliphatic rings. The summed E-state index contributed by atoms with van der Waals surface area (Å²) in [5, 5.41) is 12.3. The Labute approximate surface area is 109 Å². The second kappa shape index (κ2) is 5.57. The molecule has 1 aliphatic carbocycles. The standard InChI is InChI=1S/C14H25NO3/c1-14(2,11-3-5-18-6-4-11)9-15-8-10-7-12(10)13(16)17/h10-12,15H,3-9H2,1-2H3,(H,16,17). The molecule has 0 aromatic rings. The summed E-state index contributed by atoms with van der Waals surface area (Å²) < 4.78 is 5.40. The highest BCUT2D eigenvalue weighted by Crippen LogP contribution is 2.38. The molecule has 2 unspecified atom stereocenters. The zero-order valence-electron chi connectivity index (χ0n) is 11.4. The molecule has 0 aromatic heterocycles. The van der Waals surface area contributed by atoms with E-state index in [0.29, 0.717) is 11.8 Å². The number of carbonyl (C=O) groups is 1. The third-order valence-corrected chi connectivity index (χ3v) is 4.55. The molecule has 0 bridgehead atoms. The quantitative estimate of drug-likeness (QED) is 0.759. The predicted molar refractivity (Wildman–Crippen MR) is 69.4 cm³/mol. The predicted octanol–water partition coefficient (Wildman–Crippen LogP) is 1.75. The molecular formula is C14H25NO3. The molecule has 1 heterocycles. The van der Waals surface area contributed by atoms with Crippen LogP contribution in [-0.2, 0) is 9.53 Å². The summed E-state index contributed by atoms with van der Waals surface area (Å²) >= 11 is 0. The maximum atomic E-state index is 10.7. The molecule has 1 aliphatic heterocycles. The molecule has 0 radical (unpaired) electrons. The van der Waals surface area contributed by atoms with E-state index in [1.807, 2.05) is 0 Å². The number of carboxylic acids is 1. The molecule has 1 saturated carbocycles. The van der Waals surface area contributed by atoms with Gasteiger partial charge in [0.2, 0.25) is 0 Å². The summed E-state index contributed by atoms with van der Waals surface area (Å²) in [4.78, 5) is 10.7. The molecule has 104 valence electrons. The molecule has 2 rings (SSSR count). The van der Waals surface area contributed by atoms with E-state index in [0.717, 1.165) is 45.6 Å². The van der Waals surface area contributed by atoms with E-state index in [1.54, 1.807) is 0 Å². The van der Waals surface area contributed by atoms with E-state index in [4.69, 9.17) is 9.84 Å². The third-order valence-electron chi connectivity index (χ3n) is 4.55. The Morgan fingerprint density at radius 2 is 2.06 bits per heavy atom. The Morgan fingerprint density at radius 3 is 2.61 bits per heavy atom. The normalized spacial score (nSPS) is 29.2. The molecule has 2 fully saturated rings. The number of rotatable bonds is 6. The maximum absolute atomic E-state index is 10.7.